The quantitative estimate of drug-likeness (QED) is 0.733. The Morgan fingerprint density at radius 1 is 1.36 bits per heavy atom. The van der Waals surface area contributed by atoms with Crippen LogP contribution in [0, 0.1) is 0 Å². The van der Waals surface area contributed by atoms with E-state index in [-0.39, 0.29) is 5.91 Å². The van der Waals surface area contributed by atoms with Crippen molar-refractivity contribution in [3.05, 3.63) is 29.3 Å². The van der Waals surface area contributed by atoms with Crippen LogP contribution in [0.15, 0.2) is 24.3 Å². The van der Waals surface area contributed by atoms with Crippen LogP contribution in [0.1, 0.15) is 6.42 Å². The van der Waals surface area contributed by atoms with Gasteiger partial charge in [-0.1, -0.05) is 11.6 Å². The van der Waals surface area contributed by atoms with Gasteiger partial charge in [-0.3, -0.25) is 4.79 Å². The summed E-state index contributed by atoms with van der Waals surface area (Å²) in [5, 5.41) is 0.659. The zero-order valence-corrected chi connectivity index (χ0v) is 9.35. The monoisotopic (exact) mass is 231 g/mol. The van der Waals surface area contributed by atoms with E-state index in [0.29, 0.717) is 17.3 Å². The Hall–Kier alpha value is -0.730. The molecule has 0 saturated carbocycles. The molecule has 2 nitrogen and oxygen atoms in total. The highest BCUT2D eigenvalue weighted by atomic mass is 35.5. The number of rotatable bonds is 3. The Morgan fingerprint density at radius 3 is 2.43 bits per heavy atom. The van der Waals surface area contributed by atoms with Gasteiger partial charge >= 0.3 is 0 Å². The molecule has 0 saturated heterocycles. The lowest BCUT2D eigenvalue weighted by atomic mass is 10.3. The summed E-state index contributed by atoms with van der Waals surface area (Å²) in [7, 11) is 1.72. The Labute approximate surface area is 93.4 Å². The smallest absolute Gasteiger partial charge is 0.227 e. The van der Waals surface area contributed by atoms with E-state index in [1.165, 1.54) is 0 Å². The number of hydrogen-bond donors (Lipinski definition) is 0. The molecule has 14 heavy (non-hydrogen) atoms. The van der Waals surface area contributed by atoms with Crippen LogP contribution in [-0.4, -0.2) is 18.8 Å². The Morgan fingerprint density at radius 2 is 1.93 bits per heavy atom. The molecular formula is C10H11Cl2NO. The predicted molar refractivity (Wildman–Crippen MR) is 60.2 cm³/mol. The van der Waals surface area contributed by atoms with E-state index in [1.807, 2.05) is 0 Å². The zero-order chi connectivity index (χ0) is 10.6. The van der Waals surface area contributed by atoms with Crippen LogP contribution in [0.3, 0.4) is 0 Å². The molecule has 76 valence electrons. The highest BCUT2D eigenvalue weighted by Gasteiger charge is 2.09. The van der Waals surface area contributed by atoms with Gasteiger partial charge in [0, 0.05) is 30.1 Å². The molecule has 0 aliphatic carbocycles. The van der Waals surface area contributed by atoms with Gasteiger partial charge in [-0.15, -0.1) is 11.6 Å². The molecule has 0 radical (unpaired) electrons. The number of nitrogens with zero attached hydrogens (tertiary/aromatic N) is 1. The topological polar surface area (TPSA) is 20.3 Å². The summed E-state index contributed by atoms with van der Waals surface area (Å²) < 4.78 is 0. The molecule has 0 aromatic heterocycles. The van der Waals surface area contributed by atoms with Gasteiger partial charge < -0.3 is 4.90 Å². The van der Waals surface area contributed by atoms with Crippen LogP contribution in [0.5, 0.6) is 0 Å². The van der Waals surface area contributed by atoms with E-state index in [0.717, 1.165) is 5.69 Å². The van der Waals surface area contributed by atoms with E-state index >= 15 is 0 Å². The third-order valence-corrected chi connectivity index (χ3v) is 2.34. The number of carbonyl (C=O) groups is 1. The summed E-state index contributed by atoms with van der Waals surface area (Å²) in [6.07, 6.45) is 0.348. The minimum Gasteiger partial charge on any atom is -0.315 e. The zero-order valence-electron chi connectivity index (χ0n) is 7.84. The maximum absolute atomic E-state index is 11.4. The van der Waals surface area contributed by atoms with Crippen LogP contribution in [-0.2, 0) is 4.79 Å². The van der Waals surface area contributed by atoms with Crippen LogP contribution in [0.25, 0.3) is 0 Å². The fourth-order valence-electron chi connectivity index (χ4n) is 1.06. The van der Waals surface area contributed by atoms with Crippen molar-refractivity contribution in [1.82, 2.24) is 0 Å². The molecule has 0 aliphatic heterocycles. The number of amides is 1. The second-order valence-corrected chi connectivity index (χ2v) is 3.68. The van der Waals surface area contributed by atoms with Crippen molar-refractivity contribution in [3.8, 4) is 0 Å². The van der Waals surface area contributed by atoms with Crippen LogP contribution in [0.2, 0.25) is 5.02 Å². The normalized spacial score (nSPS) is 9.93. The van der Waals surface area contributed by atoms with Crippen LogP contribution < -0.4 is 4.90 Å². The van der Waals surface area contributed by atoms with E-state index in [1.54, 1.807) is 36.2 Å². The minimum atomic E-state index is 0.00215. The molecular weight excluding hydrogens is 221 g/mol. The highest BCUT2D eigenvalue weighted by Crippen LogP contribution is 2.17. The van der Waals surface area contributed by atoms with E-state index in [4.69, 9.17) is 23.2 Å². The first-order chi connectivity index (χ1) is 6.65. The van der Waals surface area contributed by atoms with E-state index in [2.05, 4.69) is 0 Å². The maximum atomic E-state index is 11.4. The molecule has 1 aromatic rings. The number of alkyl halides is 1. The van der Waals surface area contributed by atoms with Crippen molar-refractivity contribution in [2.75, 3.05) is 17.8 Å². The van der Waals surface area contributed by atoms with Gasteiger partial charge in [-0.05, 0) is 24.3 Å². The minimum absolute atomic E-state index is 0.00215. The lowest BCUT2D eigenvalue weighted by molar-refractivity contribution is -0.117. The predicted octanol–water partition coefficient (Wildman–Crippen LogP) is 2.93. The SMILES string of the molecule is CN(C(=O)CCCl)c1ccc(Cl)cc1. The third-order valence-electron chi connectivity index (χ3n) is 1.90. The van der Waals surface area contributed by atoms with Gasteiger partial charge in [0.05, 0.1) is 0 Å². The molecule has 0 bridgehead atoms. The number of anilines is 1. The molecule has 0 aliphatic rings. The van der Waals surface area contributed by atoms with Crippen LogP contribution >= 0.6 is 23.2 Å². The summed E-state index contributed by atoms with van der Waals surface area (Å²) in [6, 6.07) is 7.10. The molecule has 0 N–H and O–H groups in total. The average Bonchev–Trinajstić information content (AvgIpc) is 2.18. The summed E-state index contributed by atoms with van der Waals surface area (Å²) in [6.45, 7) is 0. The van der Waals surface area contributed by atoms with Gasteiger partial charge in [-0.25, -0.2) is 0 Å². The average molecular weight is 232 g/mol. The fraction of sp³-hybridized carbons (Fsp3) is 0.300. The summed E-state index contributed by atoms with van der Waals surface area (Å²) in [5.74, 6) is 0.346. The lowest BCUT2D eigenvalue weighted by Gasteiger charge is -2.16. The van der Waals surface area contributed by atoms with Crippen LogP contribution in [0.4, 0.5) is 5.69 Å². The first kappa shape index (κ1) is 11.3. The van der Waals surface area contributed by atoms with Gasteiger partial charge in [0.15, 0.2) is 0 Å². The fourth-order valence-corrected chi connectivity index (χ4v) is 1.34. The highest BCUT2D eigenvalue weighted by molar-refractivity contribution is 6.30. The molecule has 1 amide bonds. The van der Waals surface area contributed by atoms with Gasteiger partial charge in [0.25, 0.3) is 0 Å². The second kappa shape index (κ2) is 5.23. The van der Waals surface area contributed by atoms with Gasteiger partial charge in [-0.2, -0.15) is 0 Å². The molecule has 4 heteroatoms. The number of hydrogen-bond acceptors (Lipinski definition) is 1. The summed E-state index contributed by atoms with van der Waals surface area (Å²) in [4.78, 5) is 13.0. The van der Waals surface area contributed by atoms with Gasteiger partial charge in [0.2, 0.25) is 5.91 Å². The maximum Gasteiger partial charge on any atom is 0.227 e. The number of carbonyl (C=O) groups excluding carboxylic acids is 1. The summed E-state index contributed by atoms with van der Waals surface area (Å²) in [5.41, 5.74) is 0.824. The third kappa shape index (κ3) is 2.89. The van der Waals surface area contributed by atoms with E-state index < -0.39 is 0 Å². The summed E-state index contributed by atoms with van der Waals surface area (Å²) >= 11 is 11.2. The lowest BCUT2D eigenvalue weighted by Crippen LogP contribution is -2.26. The Kier molecular flexibility index (Phi) is 4.23. The molecule has 0 fully saturated rings. The number of halogens is 2. The first-order valence-electron chi connectivity index (χ1n) is 4.23. The van der Waals surface area contributed by atoms with Crippen molar-refractivity contribution in [2.24, 2.45) is 0 Å². The molecule has 0 atom stereocenters. The van der Waals surface area contributed by atoms with Crippen molar-refractivity contribution < 1.29 is 4.79 Å². The molecule has 1 aromatic carbocycles. The standard InChI is InChI=1S/C10H11Cl2NO/c1-13(10(14)6-7-11)9-4-2-8(12)3-5-9/h2-5H,6-7H2,1H3. The van der Waals surface area contributed by atoms with Crippen molar-refractivity contribution in [2.45, 2.75) is 6.42 Å². The van der Waals surface area contributed by atoms with Crippen molar-refractivity contribution in [3.63, 3.8) is 0 Å². The Balaban J connectivity index is 2.73. The van der Waals surface area contributed by atoms with Crippen molar-refractivity contribution >= 4 is 34.8 Å². The largest absolute Gasteiger partial charge is 0.315 e. The van der Waals surface area contributed by atoms with E-state index in [9.17, 15) is 4.79 Å². The molecule has 0 heterocycles. The second-order valence-electron chi connectivity index (χ2n) is 2.87. The number of benzene rings is 1. The molecule has 0 unspecified atom stereocenters. The first-order valence-corrected chi connectivity index (χ1v) is 5.14. The Bertz CT molecular complexity index is 310. The van der Waals surface area contributed by atoms with Crippen molar-refractivity contribution in [1.29, 1.82) is 0 Å². The van der Waals surface area contributed by atoms with Gasteiger partial charge in [0.1, 0.15) is 0 Å². The molecule has 0 spiro atoms. The molecule has 1 rings (SSSR count).